The molecule has 2 saturated heterocycles. The maximum atomic E-state index is 12.6. The summed E-state index contributed by atoms with van der Waals surface area (Å²) in [5.41, 5.74) is 0.575. The number of rotatable bonds is 1. The summed E-state index contributed by atoms with van der Waals surface area (Å²) in [4.78, 5) is 12.6. The van der Waals surface area contributed by atoms with Crippen molar-refractivity contribution >= 4 is 5.97 Å². The van der Waals surface area contributed by atoms with Crippen molar-refractivity contribution in [2.75, 3.05) is 0 Å². The van der Waals surface area contributed by atoms with Crippen molar-refractivity contribution in [2.24, 2.45) is 29.1 Å². The number of fused-ring (bicyclic) bond motifs is 2. The van der Waals surface area contributed by atoms with Gasteiger partial charge < -0.3 is 19.7 Å². The zero-order valence-corrected chi connectivity index (χ0v) is 18.9. The van der Waals surface area contributed by atoms with Gasteiger partial charge in [-0.05, 0) is 70.1 Å². The molecular weight excluding hydrogens is 380 g/mol. The van der Waals surface area contributed by atoms with Crippen molar-refractivity contribution in [3.8, 4) is 0 Å². The Kier molecular flexibility index (Phi) is 4.28. The highest BCUT2D eigenvalue weighted by Gasteiger charge is 2.70. The molecule has 9 atom stereocenters. The van der Waals surface area contributed by atoms with Crippen molar-refractivity contribution in [3.05, 3.63) is 23.3 Å². The fourth-order valence-corrected chi connectivity index (χ4v) is 7.97. The van der Waals surface area contributed by atoms with Crippen LogP contribution >= 0.6 is 0 Å². The minimum atomic E-state index is -1.57. The maximum absolute atomic E-state index is 12.6. The van der Waals surface area contributed by atoms with Gasteiger partial charge in [-0.1, -0.05) is 31.6 Å². The Bertz CT molecular complexity index is 838. The van der Waals surface area contributed by atoms with Gasteiger partial charge in [0.2, 0.25) is 5.79 Å². The van der Waals surface area contributed by atoms with Gasteiger partial charge in [0.1, 0.15) is 0 Å². The molecule has 2 aliphatic heterocycles. The first-order valence-corrected chi connectivity index (χ1v) is 11.6. The number of ether oxygens (including phenoxy) is 2. The first-order valence-electron chi connectivity index (χ1n) is 11.6. The Balaban J connectivity index is 1.56. The summed E-state index contributed by atoms with van der Waals surface area (Å²) < 4.78 is 12.3. The lowest BCUT2D eigenvalue weighted by molar-refractivity contribution is -0.199. The highest BCUT2D eigenvalue weighted by Crippen LogP contribution is 2.66. The Morgan fingerprint density at radius 3 is 2.67 bits per heavy atom. The van der Waals surface area contributed by atoms with Crippen LogP contribution in [0.4, 0.5) is 0 Å². The molecule has 5 nitrogen and oxygen atoms in total. The Hall–Kier alpha value is -1.17. The number of esters is 1. The van der Waals surface area contributed by atoms with Crippen LogP contribution in [0.5, 0.6) is 0 Å². The summed E-state index contributed by atoms with van der Waals surface area (Å²) in [7, 11) is 0. The molecule has 4 fully saturated rings. The first kappa shape index (κ1) is 20.7. The Labute approximate surface area is 179 Å². The molecular formula is C25H36O5. The van der Waals surface area contributed by atoms with Gasteiger partial charge >= 0.3 is 5.97 Å². The smallest absolute Gasteiger partial charge is 0.336 e. The van der Waals surface area contributed by atoms with Crippen molar-refractivity contribution in [1.29, 1.82) is 0 Å². The maximum Gasteiger partial charge on any atom is 0.336 e. The molecule has 0 aromatic rings. The van der Waals surface area contributed by atoms with Gasteiger partial charge in [-0.3, -0.25) is 0 Å². The lowest BCUT2D eigenvalue weighted by atomic mass is 9.62. The predicted octanol–water partition coefficient (Wildman–Crippen LogP) is 3.89. The molecule has 0 radical (unpaired) electrons. The molecule has 2 N–H and O–H groups in total. The van der Waals surface area contributed by atoms with E-state index in [1.165, 1.54) is 5.57 Å². The van der Waals surface area contributed by atoms with Gasteiger partial charge in [0, 0.05) is 17.9 Å². The van der Waals surface area contributed by atoms with Crippen LogP contribution in [0, 0.1) is 29.1 Å². The summed E-state index contributed by atoms with van der Waals surface area (Å²) >= 11 is 0. The van der Waals surface area contributed by atoms with Crippen LogP contribution in [0.25, 0.3) is 0 Å². The molecule has 3 aliphatic carbocycles. The van der Waals surface area contributed by atoms with E-state index in [1.807, 2.05) is 6.08 Å². The van der Waals surface area contributed by atoms with E-state index in [0.717, 1.165) is 32.1 Å². The van der Waals surface area contributed by atoms with Crippen LogP contribution in [-0.2, 0) is 14.3 Å². The zero-order valence-electron chi connectivity index (χ0n) is 18.9. The van der Waals surface area contributed by atoms with E-state index in [-0.39, 0.29) is 35.4 Å². The summed E-state index contributed by atoms with van der Waals surface area (Å²) in [6, 6.07) is 0. The average molecular weight is 417 g/mol. The average Bonchev–Trinajstić information content (AvgIpc) is 3.17. The highest BCUT2D eigenvalue weighted by atomic mass is 16.7. The lowest BCUT2D eigenvalue weighted by Crippen LogP contribution is -2.46. The standard InChI is InChI=1S/C25H36O5/c1-14(2)10-16-11-15(3)24(29-16)9-8-22(4)12-18-20-17(6-7-19(22)24)21(26)30-25(20,28)13-23(18,5)27/h6,10,15-16,18-20,27-28H,7-9,11-13H2,1-5H3/b17-6+/t15-,16-,18-,19+,20-,22+,23+,24-,25?/m0/s1. The number of hydrogen-bond acceptors (Lipinski definition) is 5. The number of aliphatic hydroxyl groups is 2. The third-order valence-corrected chi connectivity index (χ3v) is 9.23. The van der Waals surface area contributed by atoms with E-state index >= 15 is 0 Å². The van der Waals surface area contributed by atoms with Crippen molar-refractivity contribution in [1.82, 2.24) is 0 Å². The van der Waals surface area contributed by atoms with E-state index in [9.17, 15) is 15.0 Å². The van der Waals surface area contributed by atoms with E-state index < -0.39 is 23.3 Å². The molecule has 0 bridgehead atoms. The van der Waals surface area contributed by atoms with E-state index in [2.05, 4.69) is 33.8 Å². The van der Waals surface area contributed by atoms with Crippen LogP contribution in [0.15, 0.2) is 23.3 Å². The molecule has 2 heterocycles. The third-order valence-electron chi connectivity index (χ3n) is 9.23. The number of carbonyl (C=O) groups excluding carboxylic acids is 1. The predicted molar refractivity (Wildman–Crippen MR) is 112 cm³/mol. The van der Waals surface area contributed by atoms with Crippen molar-refractivity contribution in [2.45, 2.75) is 96.2 Å². The highest BCUT2D eigenvalue weighted by molar-refractivity contribution is 5.92. The normalized spacial score (nSPS) is 56.0. The second-order valence-electron chi connectivity index (χ2n) is 11.7. The molecule has 5 rings (SSSR count). The number of carbonyl (C=O) groups is 1. The Morgan fingerprint density at radius 1 is 1.23 bits per heavy atom. The van der Waals surface area contributed by atoms with Gasteiger partial charge in [0.05, 0.1) is 23.2 Å². The summed E-state index contributed by atoms with van der Waals surface area (Å²) in [5, 5.41) is 22.3. The molecule has 166 valence electrons. The van der Waals surface area contributed by atoms with Crippen LogP contribution in [0.3, 0.4) is 0 Å². The van der Waals surface area contributed by atoms with E-state index in [0.29, 0.717) is 11.5 Å². The fraction of sp³-hybridized carbons (Fsp3) is 0.800. The summed E-state index contributed by atoms with van der Waals surface area (Å²) in [5.74, 6) is -1.90. The second-order valence-corrected chi connectivity index (χ2v) is 11.7. The largest absolute Gasteiger partial charge is 0.429 e. The molecule has 2 saturated carbocycles. The minimum Gasteiger partial charge on any atom is -0.429 e. The van der Waals surface area contributed by atoms with Gasteiger partial charge in [0.25, 0.3) is 0 Å². The quantitative estimate of drug-likeness (QED) is 0.501. The van der Waals surface area contributed by atoms with Crippen LogP contribution in [-0.4, -0.2) is 39.3 Å². The summed E-state index contributed by atoms with van der Waals surface area (Å²) in [6.45, 7) is 10.7. The third kappa shape index (κ3) is 2.67. The van der Waals surface area contributed by atoms with E-state index in [1.54, 1.807) is 6.92 Å². The molecule has 5 aliphatic rings. The van der Waals surface area contributed by atoms with Crippen LogP contribution < -0.4 is 0 Å². The molecule has 0 aromatic heterocycles. The molecule has 1 unspecified atom stereocenters. The fourth-order valence-electron chi connectivity index (χ4n) is 7.97. The molecule has 0 amide bonds. The molecule has 30 heavy (non-hydrogen) atoms. The van der Waals surface area contributed by atoms with Gasteiger partial charge in [-0.2, -0.15) is 0 Å². The molecule has 0 aromatic carbocycles. The second kappa shape index (κ2) is 6.20. The molecule has 1 spiro atoms. The van der Waals surface area contributed by atoms with Gasteiger partial charge in [0.15, 0.2) is 0 Å². The van der Waals surface area contributed by atoms with Crippen molar-refractivity contribution in [3.63, 3.8) is 0 Å². The zero-order chi connectivity index (χ0) is 21.7. The topological polar surface area (TPSA) is 76.0 Å². The van der Waals surface area contributed by atoms with Gasteiger partial charge in [-0.15, -0.1) is 0 Å². The number of allylic oxidation sites excluding steroid dienone is 2. The monoisotopic (exact) mass is 416 g/mol. The molecule has 5 heteroatoms. The number of hydrogen-bond donors (Lipinski definition) is 2. The first-order chi connectivity index (χ1) is 13.9. The SMILES string of the molecule is CC(C)=C[C@H]1C[C@H](C)[C@]2(CC[C@]3(C)C[C@H]4[C@@H]5/C(=C\C[C@H]32)C(=O)OC5(O)C[C@@]4(C)O)O1. The van der Waals surface area contributed by atoms with Crippen LogP contribution in [0.2, 0.25) is 0 Å². The van der Waals surface area contributed by atoms with Crippen LogP contribution in [0.1, 0.15) is 73.1 Å². The minimum absolute atomic E-state index is 0.0122. The van der Waals surface area contributed by atoms with E-state index in [4.69, 9.17) is 9.47 Å². The van der Waals surface area contributed by atoms with Crippen molar-refractivity contribution < 1.29 is 24.5 Å². The Morgan fingerprint density at radius 2 is 1.97 bits per heavy atom. The lowest BCUT2D eigenvalue weighted by Gasteiger charge is -2.45. The van der Waals surface area contributed by atoms with Gasteiger partial charge in [-0.25, -0.2) is 4.79 Å². The summed E-state index contributed by atoms with van der Waals surface area (Å²) in [6.07, 6.45) is 9.10.